The Labute approximate surface area is 180 Å². The highest BCUT2D eigenvalue weighted by Gasteiger charge is 2.46. The fourth-order valence-electron chi connectivity index (χ4n) is 3.28. The molecule has 0 aliphatic carbocycles. The van der Waals surface area contributed by atoms with Crippen LogP contribution in [-0.2, 0) is 18.2 Å². The maximum absolute atomic E-state index is 14.2. The zero-order valence-electron chi connectivity index (χ0n) is 18.5. The number of benzene rings is 2. The molecule has 0 saturated carbocycles. The first-order valence-corrected chi connectivity index (χ1v) is 13.9. The summed E-state index contributed by atoms with van der Waals surface area (Å²) < 4.78 is 40.5. The van der Waals surface area contributed by atoms with Gasteiger partial charge in [0.15, 0.2) is 0 Å². The number of hydrogen-bond donors (Lipinski definition) is 1. The van der Waals surface area contributed by atoms with Crippen molar-refractivity contribution >= 4 is 25.3 Å². The molecule has 0 amide bonds. The normalized spacial score (nSPS) is 18.0. The molecule has 0 heterocycles. The van der Waals surface area contributed by atoms with Gasteiger partial charge in [0.2, 0.25) is 0 Å². The quantitative estimate of drug-likeness (QED) is 0.450. The van der Waals surface area contributed by atoms with Gasteiger partial charge in [0.1, 0.15) is 11.7 Å². The number of aliphatic hydroxyl groups is 1. The molecule has 166 valence electrons. The third-order valence-corrected chi connectivity index (χ3v) is 10.6. The highest BCUT2D eigenvalue weighted by Crippen LogP contribution is 2.62. The highest BCUT2D eigenvalue weighted by molar-refractivity contribution is 7.70. The van der Waals surface area contributed by atoms with Crippen LogP contribution >= 0.6 is 14.7 Å². The molecule has 0 aliphatic rings. The molecule has 2 aromatic rings. The molecule has 7 heteroatoms. The Hall–Kier alpha value is -1.22. The predicted molar refractivity (Wildman–Crippen MR) is 124 cm³/mol. The predicted octanol–water partition coefficient (Wildman–Crippen LogP) is 5.59. The zero-order chi connectivity index (χ0) is 22.4. The average molecular weight is 452 g/mol. The Morgan fingerprint density at radius 2 is 1.30 bits per heavy atom. The molecular weight excluding hydrogens is 418 g/mol. The summed E-state index contributed by atoms with van der Waals surface area (Å²) in [4.78, 5) is 0. The molecule has 0 unspecified atom stereocenters. The summed E-state index contributed by atoms with van der Waals surface area (Å²) in [6, 6.07) is 17.6. The fourth-order valence-corrected chi connectivity index (χ4v) is 8.89. The van der Waals surface area contributed by atoms with E-state index < -0.39 is 26.4 Å². The topological polar surface area (TPSA) is 72.8 Å². The van der Waals surface area contributed by atoms with Crippen LogP contribution in [0.25, 0.3) is 0 Å². The summed E-state index contributed by atoms with van der Waals surface area (Å²) in [6.45, 7) is 9.57. The second-order valence-corrected chi connectivity index (χ2v) is 13.1. The smallest absolute Gasteiger partial charge is 0.260 e. The van der Waals surface area contributed by atoms with E-state index >= 15 is 0 Å². The van der Waals surface area contributed by atoms with Gasteiger partial charge in [-0.25, -0.2) is 0 Å². The molecule has 0 fully saturated rings. The van der Waals surface area contributed by atoms with Crippen molar-refractivity contribution < 1.29 is 23.3 Å². The molecular formula is C23H34O5P2. The van der Waals surface area contributed by atoms with Crippen LogP contribution in [0.2, 0.25) is 0 Å². The van der Waals surface area contributed by atoms with E-state index in [-0.39, 0.29) is 18.4 Å². The van der Waals surface area contributed by atoms with Crippen molar-refractivity contribution in [1.82, 2.24) is 0 Å². The van der Waals surface area contributed by atoms with Gasteiger partial charge in [-0.2, -0.15) is 0 Å². The molecule has 0 spiro atoms. The summed E-state index contributed by atoms with van der Waals surface area (Å²) in [5.41, 5.74) is 0. The second-order valence-electron chi connectivity index (χ2n) is 8.13. The zero-order valence-corrected chi connectivity index (χ0v) is 20.3. The van der Waals surface area contributed by atoms with Crippen LogP contribution in [0.1, 0.15) is 41.0 Å². The minimum Gasteiger partial charge on any atom is -0.382 e. The average Bonchev–Trinajstić information content (AvgIpc) is 2.73. The van der Waals surface area contributed by atoms with Crippen LogP contribution in [0.5, 0.6) is 0 Å². The van der Waals surface area contributed by atoms with Crippen molar-refractivity contribution in [3.63, 3.8) is 0 Å². The molecule has 2 rings (SSSR count). The lowest BCUT2D eigenvalue weighted by atomic mass is 10.1. The third kappa shape index (κ3) is 5.72. The Morgan fingerprint density at radius 3 is 1.70 bits per heavy atom. The summed E-state index contributed by atoms with van der Waals surface area (Å²) in [5, 5.41) is 11.9. The van der Waals surface area contributed by atoms with Crippen LogP contribution < -0.4 is 10.6 Å². The van der Waals surface area contributed by atoms with Gasteiger partial charge < -0.3 is 14.2 Å². The van der Waals surface area contributed by atoms with E-state index in [1.807, 2.05) is 26.0 Å². The molecule has 4 atom stereocenters. The fraction of sp³-hybridized carbons (Fsp3) is 0.478. The third-order valence-electron chi connectivity index (χ3n) is 4.83. The van der Waals surface area contributed by atoms with Crippen LogP contribution in [0.4, 0.5) is 0 Å². The molecule has 0 saturated heterocycles. The number of rotatable bonds is 11. The maximum atomic E-state index is 14.2. The highest BCUT2D eigenvalue weighted by atomic mass is 31.2. The van der Waals surface area contributed by atoms with Crippen molar-refractivity contribution in [3.8, 4) is 0 Å². The van der Waals surface area contributed by atoms with E-state index in [0.29, 0.717) is 17.0 Å². The standard InChI is InChI=1S/C23H34O5P2/c1-6-27-29(25,20-13-9-7-10-14-20)22(17-18(2)3)28-30(26,23(24)19(4)5)21-15-11-8-12-16-21/h7-16,18-19,22-24H,6,17H2,1-5H3/t22-,23+,29+,30-/m0/s1. The molecule has 0 aliphatic heterocycles. The first-order valence-electron chi connectivity index (χ1n) is 10.5. The molecule has 0 radical (unpaired) electrons. The van der Waals surface area contributed by atoms with Crippen LogP contribution in [0, 0.1) is 11.8 Å². The first kappa shape index (κ1) is 25.0. The summed E-state index contributed by atoms with van der Waals surface area (Å²) in [7, 11) is -7.30. The minimum atomic E-state index is -3.77. The molecule has 30 heavy (non-hydrogen) atoms. The van der Waals surface area contributed by atoms with Crippen molar-refractivity contribution in [3.05, 3.63) is 60.7 Å². The largest absolute Gasteiger partial charge is 0.382 e. The number of hydrogen-bond acceptors (Lipinski definition) is 5. The van der Waals surface area contributed by atoms with Crippen LogP contribution in [-0.4, -0.2) is 23.4 Å². The lowest BCUT2D eigenvalue weighted by Crippen LogP contribution is -2.30. The van der Waals surface area contributed by atoms with E-state index in [9.17, 15) is 14.2 Å². The molecule has 5 nitrogen and oxygen atoms in total. The van der Waals surface area contributed by atoms with Gasteiger partial charge >= 0.3 is 0 Å². The second kappa shape index (κ2) is 10.9. The summed E-state index contributed by atoms with van der Waals surface area (Å²) in [6.07, 6.45) is 0.383. The Balaban J connectivity index is 2.61. The van der Waals surface area contributed by atoms with E-state index in [2.05, 4.69) is 0 Å². The van der Waals surface area contributed by atoms with Crippen LogP contribution in [0.15, 0.2) is 60.7 Å². The Kier molecular flexibility index (Phi) is 9.09. The minimum absolute atomic E-state index is 0.118. The van der Waals surface area contributed by atoms with Gasteiger partial charge in [-0.15, -0.1) is 0 Å². The van der Waals surface area contributed by atoms with Gasteiger partial charge in [-0.3, -0.25) is 9.13 Å². The van der Waals surface area contributed by atoms with Crippen LogP contribution in [0.3, 0.4) is 0 Å². The monoisotopic (exact) mass is 452 g/mol. The van der Waals surface area contributed by atoms with Crippen molar-refractivity contribution in [2.45, 2.75) is 52.7 Å². The SMILES string of the molecule is CCO[P@](=O)(c1ccccc1)[C@@H](CC(C)C)O[P@@](=O)(c1ccccc1)[C@@H](O)C(C)C. The van der Waals surface area contributed by atoms with Crippen molar-refractivity contribution in [1.29, 1.82) is 0 Å². The van der Waals surface area contributed by atoms with E-state index in [0.717, 1.165) is 0 Å². The molecule has 2 aromatic carbocycles. The number of aliphatic hydroxyl groups excluding tert-OH is 1. The lowest BCUT2D eigenvalue weighted by molar-refractivity contribution is 0.153. The van der Waals surface area contributed by atoms with E-state index in [1.54, 1.807) is 69.3 Å². The van der Waals surface area contributed by atoms with E-state index in [1.165, 1.54) is 0 Å². The van der Waals surface area contributed by atoms with Gasteiger partial charge in [0, 0.05) is 10.6 Å². The van der Waals surface area contributed by atoms with Gasteiger partial charge in [-0.1, -0.05) is 64.1 Å². The van der Waals surface area contributed by atoms with Gasteiger partial charge in [-0.05, 0) is 49.4 Å². The van der Waals surface area contributed by atoms with E-state index in [4.69, 9.17) is 9.05 Å². The van der Waals surface area contributed by atoms with Gasteiger partial charge in [0.05, 0.1) is 6.61 Å². The summed E-state index contributed by atoms with van der Waals surface area (Å²) in [5.74, 6) is -2.36. The molecule has 1 N–H and O–H groups in total. The maximum Gasteiger partial charge on any atom is 0.260 e. The molecule has 0 aromatic heterocycles. The first-order chi connectivity index (χ1) is 14.1. The lowest BCUT2D eigenvalue weighted by Gasteiger charge is -2.34. The molecule has 0 bridgehead atoms. The Bertz CT molecular complexity index is 868. The van der Waals surface area contributed by atoms with Crippen molar-refractivity contribution in [2.75, 3.05) is 6.61 Å². The Morgan fingerprint density at radius 1 is 0.833 bits per heavy atom. The van der Waals surface area contributed by atoms with Crippen molar-refractivity contribution in [2.24, 2.45) is 11.8 Å². The van der Waals surface area contributed by atoms with Gasteiger partial charge in [0.25, 0.3) is 14.7 Å². The summed E-state index contributed by atoms with van der Waals surface area (Å²) >= 11 is 0.